The van der Waals surface area contributed by atoms with Crippen LogP contribution in [-0.2, 0) is 39.7 Å². The highest BCUT2D eigenvalue weighted by atomic mass is 28.5. The van der Waals surface area contributed by atoms with Crippen LogP contribution in [0.1, 0.15) is 515 Å². The summed E-state index contributed by atoms with van der Waals surface area (Å²) in [6, 6.07) is 5.37. The molecule has 12 nitrogen and oxygen atoms in total. The fourth-order valence-electron chi connectivity index (χ4n) is 15.4. The lowest BCUT2D eigenvalue weighted by Crippen LogP contribution is -2.58. The number of aliphatic carboxylic acids is 3. The summed E-state index contributed by atoms with van der Waals surface area (Å²) in [4.78, 5) is 32.8. The van der Waals surface area contributed by atoms with E-state index in [4.69, 9.17) is 30.4 Å². The Morgan fingerprint density at radius 1 is 0.284 bits per heavy atom. The highest BCUT2D eigenvalue weighted by Crippen LogP contribution is 2.37. The molecular weight excluding hydrogens is 1540 g/mol. The first-order valence-electron chi connectivity index (χ1n) is 48.2. The predicted octanol–water partition coefficient (Wildman–Crippen LogP) is 35.6. The SMILES string of the molecule is C.C.C.C.C.C.C=CCC(=O)O.CCCCCCCCCCCCCCCCCC[SiH](OC)O[SiH](CCCCCCCCCCCCCCCCCC)O[Si](C)(C)C.CCCCCCCCCCCCCCCCCC[Si](CCCC(=O)O)(OC)O[Si](CCCCCCCCCCCCCCCCCC)(CCCC(=O)O)O[Si](C)(C)C. The number of carboxylic acids is 3. The number of hydrogen-bond acceptors (Lipinski definition) is 9. The lowest BCUT2D eigenvalue weighted by Gasteiger charge is -2.43. The van der Waals surface area contributed by atoms with E-state index in [0.717, 1.165) is 43.8 Å². The average molecular weight is 1760 g/mol. The van der Waals surface area contributed by atoms with Crippen molar-refractivity contribution in [3.63, 3.8) is 0 Å². The molecule has 0 aromatic carbocycles. The van der Waals surface area contributed by atoms with Crippen molar-refractivity contribution >= 4 is 70.2 Å². The summed E-state index contributed by atoms with van der Waals surface area (Å²) in [5, 5.41) is 27.0. The van der Waals surface area contributed by atoms with Crippen LogP contribution in [0.3, 0.4) is 0 Å². The van der Waals surface area contributed by atoms with Crippen LogP contribution in [0.5, 0.6) is 0 Å². The van der Waals surface area contributed by atoms with Gasteiger partial charge in [0.25, 0.3) is 0 Å². The molecule has 0 aromatic rings. The van der Waals surface area contributed by atoms with Crippen LogP contribution in [0.4, 0.5) is 0 Å². The van der Waals surface area contributed by atoms with Gasteiger partial charge in [0, 0.05) is 27.1 Å². The highest BCUT2D eigenvalue weighted by Gasteiger charge is 2.49. The molecule has 116 heavy (non-hydrogen) atoms. The number of unbranched alkanes of at least 4 members (excludes halogenated alkanes) is 60. The van der Waals surface area contributed by atoms with Crippen LogP contribution in [0.15, 0.2) is 12.7 Å². The van der Waals surface area contributed by atoms with Gasteiger partial charge in [0.1, 0.15) is 0 Å². The summed E-state index contributed by atoms with van der Waals surface area (Å²) < 4.78 is 40.3. The molecule has 0 bridgehead atoms. The smallest absolute Gasteiger partial charge is 0.329 e. The Hall–Kier alpha value is -0.789. The molecule has 0 heterocycles. The molecule has 0 aromatic heterocycles. The lowest BCUT2D eigenvalue weighted by molar-refractivity contribution is -0.138. The maximum Gasteiger partial charge on any atom is 0.329 e. The number of hydrogen-bond donors (Lipinski definition) is 3. The van der Waals surface area contributed by atoms with Gasteiger partial charge in [-0.3, -0.25) is 14.4 Å². The van der Waals surface area contributed by atoms with Gasteiger partial charge in [-0.25, -0.2) is 0 Å². The fourth-order valence-corrected chi connectivity index (χ4v) is 38.6. The van der Waals surface area contributed by atoms with E-state index in [-0.39, 0.29) is 63.8 Å². The molecule has 4 unspecified atom stereocenters. The third kappa shape index (κ3) is 106. The van der Waals surface area contributed by atoms with Gasteiger partial charge < -0.3 is 40.6 Å². The van der Waals surface area contributed by atoms with Crippen molar-refractivity contribution in [2.45, 2.75) is 591 Å². The van der Waals surface area contributed by atoms with E-state index in [1.165, 1.54) is 397 Å². The Morgan fingerprint density at radius 2 is 0.500 bits per heavy atom. The standard InChI is InChI=1S/C48H100O7Si3.C40H88O3Si3.C4H6O2.6CH4/c1-7-9-11-13-15-17-19-21-23-25-27-29-31-33-35-37-43-57(53-3,45-39-41-47(49)50)55-58(54-56(4,5)6,46-40-42-48(51)52)44-38-36-34-32-30-28-26-24-22-20-18-16-14-12-10-8-2;1-7-9-11-13-15-17-19-21-23-25-27-29-31-33-35-37-39-44(41-3)42-45(43-46(4,5)6)40-38-36-34-32-30-28-26-24-22-20-18-16-14-12-10-8-2;1-2-3-4(5)6;;;;;;/h7-46H2,1-6H3,(H,49,50)(H,51,52);44-45H,7-40H2,1-6H3;2H,1,3H2,(H,5,6);6*1H4. The molecule has 706 valence electrons. The van der Waals surface area contributed by atoms with Crippen molar-refractivity contribution in [1.82, 2.24) is 0 Å². The van der Waals surface area contributed by atoms with Gasteiger partial charge in [-0.1, -0.05) is 489 Å². The first-order valence-corrected chi connectivity index (χ1v) is 63.0. The maximum atomic E-state index is 11.7. The second kappa shape index (κ2) is 101. The highest BCUT2D eigenvalue weighted by molar-refractivity contribution is 6.87. The van der Waals surface area contributed by atoms with E-state index >= 15 is 0 Å². The molecule has 0 saturated heterocycles. The molecule has 18 heteroatoms. The summed E-state index contributed by atoms with van der Waals surface area (Å²) in [5.41, 5.74) is 0. The summed E-state index contributed by atoms with van der Waals surface area (Å²) in [6.07, 6.45) is 90.6. The van der Waals surface area contributed by atoms with Crippen molar-refractivity contribution in [2.75, 3.05) is 14.2 Å². The van der Waals surface area contributed by atoms with Gasteiger partial charge in [0.15, 0.2) is 16.6 Å². The first kappa shape index (κ1) is 133. The molecule has 0 aliphatic heterocycles. The third-order valence-electron chi connectivity index (χ3n) is 21.9. The van der Waals surface area contributed by atoms with Crippen LogP contribution in [0.25, 0.3) is 0 Å². The first-order chi connectivity index (χ1) is 53.1. The predicted molar refractivity (Wildman–Crippen MR) is 534 cm³/mol. The molecule has 0 rings (SSSR count). The van der Waals surface area contributed by atoms with Crippen molar-refractivity contribution in [1.29, 1.82) is 0 Å². The fraction of sp³-hybridized carbons (Fsp3) is 0.949. The van der Waals surface area contributed by atoms with Crippen molar-refractivity contribution in [3.05, 3.63) is 12.7 Å². The second-order valence-corrected chi connectivity index (χ2v) is 57.0. The van der Waals surface area contributed by atoms with E-state index in [1.807, 2.05) is 7.11 Å². The Labute approximate surface area is 738 Å². The van der Waals surface area contributed by atoms with E-state index in [0.29, 0.717) is 24.9 Å². The van der Waals surface area contributed by atoms with Gasteiger partial charge in [0.05, 0.1) is 6.42 Å². The quantitative estimate of drug-likeness (QED) is 0.0300. The van der Waals surface area contributed by atoms with E-state index < -0.39 is 70.2 Å². The molecule has 3 N–H and O–H groups in total. The summed E-state index contributed by atoms with van der Waals surface area (Å²) in [7, 11) is -8.87. The zero-order chi connectivity index (χ0) is 81.9. The van der Waals surface area contributed by atoms with Crippen molar-refractivity contribution < 1.29 is 55.0 Å². The van der Waals surface area contributed by atoms with Crippen LogP contribution in [0.2, 0.25) is 75.5 Å². The third-order valence-corrected chi connectivity index (χ3v) is 42.6. The van der Waals surface area contributed by atoms with Crippen molar-refractivity contribution in [2.24, 2.45) is 0 Å². The van der Waals surface area contributed by atoms with E-state index in [2.05, 4.69) is 73.6 Å². The Morgan fingerprint density at radius 3 is 0.698 bits per heavy atom. The van der Waals surface area contributed by atoms with Gasteiger partial charge in [-0.05, 0) is 88.4 Å². The summed E-state index contributed by atoms with van der Waals surface area (Å²) in [6.45, 7) is 26.0. The lowest BCUT2D eigenvalue weighted by atomic mass is 10.0. The summed E-state index contributed by atoms with van der Waals surface area (Å²) >= 11 is 0. The zero-order valence-corrected chi connectivity index (χ0v) is 82.3. The molecule has 0 aliphatic rings. The van der Waals surface area contributed by atoms with Gasteiger partial charge in [-0.2, -0.15) is 0 Å². The minimum atomic E-state index is -2.86. The average Bonchev–Trinajstić information content (AvgIpc) is 0.800. The number of rotatable bonds is 88. The van der Waals surface area contributed by atoms with Crippen LogP contribution in [-0.4, -0.2) is 99.8 Å². The van der Waals surface area contributed by atoms with E-state index in [1.54, 1.807) is 7.11 Å². The number of carboxylic acid groups (broad SMARTS) is 3. The molecule has 0 spiro atoms. The second-order valence-electron chi connectivity index (χ2n) is 35.5. The molecule has 0 saturated carbocycles. The van der Waals surface area contributed by atoms with Crippen LogP contribution < -0.4 is 0 Å². The molecule has 0 radical (unpaired) electrons. The maximum absolute atomic E-state index is 11.7. The van der Waals surface area contributed by atoms with Crippen molar-refractivity contribution in [3.8, 4) is 0 Å². The topological polar surface area (TPSA) is 167 Å². The van der Waals surface area contributed by atoms with Gasteiger partial charge in [-0.15, -0.1) is 6.58 Å². The van der Waals surface area contributed by atoms with Crippen LogP contribution >= 0.6 is 0 Å². The number of carbonyl (C=O) groups is 3. The van der Waals surface area contributed by atoms with Crippen LogP contribution in [0, 0.1) is 0 Å². The summed E-state index contributed by atoms with van der Waals surface area (Å²) in [5.74, 6) is -2.38. The Kier molecular flexibility index (Phi) is 116. The minimum absolute atomic E-state index is 0. The van der Waals surface area contributed by atoms with Gasteiger partial charge in [0.2, 0.25) is 0 Å². The monoisotopic (exact) mass is 1760 g/mol. The molecule has 0 fully saturated rings. The largest absolute Gasteiger partial charge is 0.481 e. The van der Waals surface area contributed by atoms with Gasteiger partial charge >= 0.3 is 53.6 Å². The molecular formula is C98H218O12Si6. The minimum Gasteiger partial charge on any atom is -0.481 e. The molecule has 0 aliphatic carbocycles. The normalized spacial score (nSPS) is 12.8. The Balaban J connectivity index is -0.000000255. The molecule has 0 amide bonds. The van der Waals surface area contributed by atoms with E-state index in [9.17, 15) is 24.6 Å². The Bertz CT molecular complexity index is 1920. The molecule has 4 atom stereocenters. The zero-order valence-electron chi connectivity index (χ0n) is 76.0.